The summed E-state index contributed by atoms with van der Waals surface area (Å²) in [5.41, 5.74) is -0.878. The lowest BCUT2D eigenvalue weighted by Crippen LogP contribution is -2.54. The topological polar surface area (TPSA) is 69.6 Å². The molecule has 3 N–H and O–H groups in total. The van der Waals surface area contributed by atoms with Gasteiger partial charge in [0.05, 0.1) is 18.8 Å². The van der Waals surface area contributed by atoms with Crippen molar-refractivity contribution in [1.82, 2.24) is 5.32 Å². The Labute approximate surface area is 181 Å². The zero-order chi connectivity index (χ0) is 22.3. The third-order valence-corrected chi connectivity index (χ3v) is 6.49. The molecule has 3 unspecified atom stereocenters. The second-order valence-electron chi connectivity index (χ2n) is 10.2. The largest absolute Gasteiger partial charge is 0.394 e. The standard InChI is InChI=1S/C25H51NO3/c1-7-25(18-27,19-28)26-24(29)17-23(6)16-10-15-22(5)14-9-13-21(4)12-8-11-20(2)3/h20-23,27-28H,7-19H2,1-6H3,(H,26,29). The molecule has 174 valence electrons. The number of carbonyl (C=O) groups is 1. The molecule has 0 heterocycles. The molecule has 0 bridgehead atoms. The maximum Gasteiger partial charge on any atom is 0.220 e. The van der Waals surface area contributed by atoms with Crippen molar-refractivity contribution in [2.45, 2.75) is 118 Å². The Bertz CT molecular complexity index is 399. The number of hydrogen-bond acceptors (Lipinski definition) is 3. The van der Waals surface area contributed by atoms with Crippen LogP contribution in [-0.4, -0.2) is 34.9 Å². The van der Waals surface area contributed by atoms with E-state index >= 15 is 0 Å². The van der Waals surface area contributed by atoms with E-state index in [-0.39, 0.29) is 19.1 Å². The Morgan fingerprint density at radius 2 is 1.17 bits per heavy atom. The highest BCUT2D eigenvalue weighted by molar-refractivity contribution is 5.77. The lowest BCUT2D eigenvalue weighted by molar-refractivity contribution is -0.125. The predicted octanol–water partition coefficient (Wildman–Crippen LogP) is 5.70. The summed E-state index contributed by atoms with van der Waals surface area (Å²) in [7, 11) is 0. The Hall–Kier alpha value is -0.610. The Kier molecular flexibility index (Phi) is 15.8. The monoisotopic (exact) mass is 413 g/mol. The average molecular weight is 414 g/mol. The summed E-state index contributed by atoms with van der Waals surface area (Å²) in [6, 6.07) is 0. The van der Waals surface area contributed by atoms with Gasteiger partial charge in [-0.05, 0) is 30.1 Å². The molecule has 29 heavy (non-hydrogen) atoms. The van der Waals surface area contributed by atoms with Gasteiger partial charge in [0, 0.05) is 6.42 Å². The van der Waals surface area contributed by atoms with E-state index in [1.165, 1.54) is 51.4 Å². The zero-order valence-corrected chi connectivity index (χ0v) is 20.3. The second kappa shape index (κ2) is 16.1. The zero-order valence-electron chi connectivity index (χ0n) is 20.3. The highest BCUT2D eigenvalue weighted by atomic mass is 16.3. The Morgan fingerprint density at radius 1 is 0.759 bits per heavy atom. The maximum atomic E-state index is 12.2. The summed E-state index contributed by atoms with van der Waals surface area (Å²) < 4.78 is 0. The van der Waals surface area contributed by atoms with Gasteiger partial charge in [0.25, 0.3) is 0 Å². The maximum absolute atomic E-state index is 12.2. The van der Waals surface area contributed by atoms with Crippen molar-refractivity contribution >= 4 is 5.91 Å². The minimum atomic E-state index is -0.878. The van der Waals surface area contributed by atoms with Crippen molar-refractivity contribution in [3.8, 4) is 0 Å². The highest BCUT2D eigenvalue weighted by Gasteiger charge is 2.28. The molecule has 1 amide bonds. The number of nitrogens with one attached hydrogen (secondary N) is 1. The first kappa shape index (κ1) is 28.4. The summed E-state index contributed by atoms with van der Waals surface area (Å²) in [6.45, 7) is 12.9. The molecule has 0 radical (unpaired) electrons. The van der Waals surface area contributed by atoms with Crippen molar-refractivity contribution < 1.29 is 15.0 Å². The van der Waals surface area contributed by atoms with Crippen molar-refractivity contribution in [2.75, 3.05) is 13.2 Å². The van der Waals surface area contributed by atoms with Gasteiger partial charge in [0.15, 0.2) is 0 Å². The van der Waals surface area contributed by atoms with Crippen LogP contribution in [0.2, 0.25) is 0 Å². The van der Waals surface area contributed by atoms with E-state index in [0.29, 0.717) is 18.8 Å². The van der Waals surface area contributed by atoms with Gasteiger partial charge < -0.3 is 15.5 Å². The average Bonchev–Trinajstić information content (AvgIpc) is 2.65. The molecule has 4 nitrogen and oxygen atoms in total. The van der Waals surface area contributed by atoms with Crippen molar-refractivity contribution in [3.05, 3.63) is 0 Å². The van der Waals surface area contributed by atoms with Gasteiger partial charge in [0.1, 0.15) is 0 Å². The lowest BCUT2D eigenvalue weighted by Gasteiger charge is -2.30. The molecule has 0 fully saturated rings. The van der Waals surface area contributed by atoms with Gasteiger partial charge in [0.2, 0.25) is 5.91 Å². The van der Waals surface area contributed by atoms with Crippen molar-refractivity contribution in [2.24, 2.45) is 23.7 Å². The fourth-order valence-corrected chi connectivity index (χ4v) is 4.00. The number of carbonyl (C=O) groups excluding carboxylic acids is 1. The molecule has 4 heteroatoms. The van der Waals surface area contributed by atoms with Gasteiger partial charge in [-0.2, -0.15) is 0 Å². The molecule has 0 spiro atoms. The Balaban J connectivity index is 3.89. The molecule has 3 atom stereocenters. The molecular weight excluding hydrogens is 362 g/mol. The normalized spacial score (nSPS) is 15.3. The summed E-state index contributed by atoms with van der Waals surface area (Å²) in [4.78, 5) is 12.2. The third kappa shape index (κ3) is 14.1. The van der Waals surface area contributed by atoms with E-state index in [0.717, 1.165) is 24.2 Å². The van der Waals surface area contributed by atoms with E-state index in [1.807, 2.05) is 6.92 Å². The number of amides is 1. The molecule has 0 rings (SSSR count). The summed E-state index contributed by atoms with van der Waals surface area (Å²) >= 11 is 0. The quantitative estimate of drug-likeness (QED) is 0.270. The van der Waals surface area contributed by atoms with E-state index < -0.39 is 5.54 Å². The fraction of sp³-hybridized carbons (Fsp3) is 0.960. The van der Waals surface area contributed by atoms with Crippen LogP contribution in [0.25, 0.3) is 0 Å². The van der Waals surface area contributed by atoms with E-state index in [2.05, 4.69) is 39.9 Å². The molecule has 0 aliphatic rings. The minimum Gasteiger partial charge on any atom is -0.394 e. The van der Waals surface area contributed by atoms with Crippen LogP contribution in [0.15, 0.2) is 0 Å². The smallest absolute Gasteiger partial charge is 0.220 e. The predicted molar refractivity (Wildman–Crippen MR) is 124 cm³/mol. The molecule has 0 aliphatic heterocycles. The number of rotatable bonds is 18. The molecule has 0 saturated heterocycles. The van der Waals surface area contributed by atoms with E-state index in [4.69, 9.17) is 0 Å². The molecule has 0 aromatic heterocycles. The third-order valence-electron chi connectivity index (χ3n) is 6.49. The van der Waals surface area contributed by atoms with E-state index in [1.54, 1.807) is 0 Å². The van der Waals surface area contributed by atoms with Crippen LogP contribution >= 0.6 is 0 Å². The molecular formula is C25H51NO3. The van der Waals surface area contributed by atoms with Crippen LogP contribution in [0, 0.1) is 23.7 Å². The van der Waals surface area contributed by atoms with Crippen molar-refractivity contribution in [3.63, 3.8) is 0 Å². The fourth-order valence-electron chi connectivity index (χ4n) is 4.00. The van der Waals surface area contributed by atoms with Crippen LogP contribution in [0.4, 0.5) is 0 Å². The number of aliphatic hydroxyl groups excluding tert-OH is 2. The minimum absolute atomic E-state index is 0.0676. The number of aliphatic hydroxyl groups is 2. The SMILES string of the molecule is CCC(CO)(CO)NC(=O)CC(C)CCCC(C)CCCC(C)CCCC(C)C. The van der Waals surface area contributed by atoms with Gasteiger partial charge in [-0.3, -0.25) is 4.79 Å². The Morgan fingerprint density at radius 3 is 1.55 bits per heavy atom. The van der Waals surface area contributed by atoms with Crippen LogP contribution in [0.1, 0.15) is 112 Å². The van der Waals surface area contributed by atoms with Crippen molar-refractivity contribution in [1.29, 1.82) is 0 Å². The van der Waals surface area contributed by atoms with Gasteiger partial charge in [-0.25, -0.2) is 0 Å². The van der Waals surface area contributed by atoms with Crippen LogP contribution in [-0.2, 0) is 4.79 Å². The van der Waals surface area contributed by atoms with Crippen LogP contribution in [0.3, 0.4) is 0 Å². The first-order valence-electron chi connectivity index (χ1n) is 12.2. The number of hydrogen-bond donors (Lipinski definition) is 3. The summed E-state index contributed by atoms with van der Waals surface area (Å²) in [6.07, 6.45) is 12.5. The first-order valence-corrected chi connectivity index (χ1v) is 12.2. The summed E-state index contributed by atoms with van der Waals surface area (Å²) in [5, 5.41) is 21.7. The summed E-state index contributed by atoms with van der Waals surface area (Å²) in [5.74, 6) is 2.70. The van der Waals surface area contributed by atoms with Gasteiger partial charge >= 0.3 is 0 Å². The van der Waals surface area contributed by atoms with Crippen LogP contribution in [0.5, 0.6) is 0 Å². The highest BCUT2D eigenvalue weighted by Crippen LogP contribution is 2.23. The van der Waals surface area contributed by atoms with Crippen LogP contribution < -0.4 is 5.32 Å². The lowest BCUT2D eigenvalue weighted by atomic mass is 9.90. The second-order valence-corrected chi connectivity index (χ2v) is 10.2. The van der Waals surface area contributed by atoms with Gasteiger partial charge in [-0.15, -0.1) is 0 Å². The molecule has 0 saturated carbocycles. The molecule has 0 aromatic rings. The first-order chi connectivity index (χ1) is 13.7. The molecule has 0 aliphatic carbocycles. The van der Waals surface area contributed by atoms with E-state index in [9.17, 15) is 15.0 Å². The van der Waals surface area contributed by atoms with Gasteiger partial charge in [-0.1, -0.05) is 99.3 Å². The molecule has 0 aromatic carbocycles.